The zero-order chi connectivity index (χ0) is 10.4. The predicted molar refractivity (Wildman–Crippen MR) is 58.6 cm³/mol. The van der Waals surface area contributed by atoms with E-state index in [0.29, 0.717) is 6.54 Å². The summed E-state index contributed by atoms with van der Waals surface area (Å²) in [4.78, 5) is 4.14. The van der Waals surface area contributed by atoms with Crippen molar-refractivity contribution in [2.45, 2.75) is 20.0 Å². The predicted octanol–water partition coefficient (Wildman–Crippen LogP) is 1.31. The Morgan fingerprint density at radius 1 is 1.50 bits per heavy atom. The van der Waals surface area contributed by atoms with Crippen LogP contribution in [0.1, 0.15) is 13.8 Å². The highest BCUT2D eigenvalue weighted by Crippen LogP contribution is 2.11. The van der Waals surface area contributed by atoms with E-state index in [9.17, 15) is 0 Å². The maximum Gasteiger partial charge on any atom is 0.127 e. The van der Waals surface area contributed by atoms with Gasteiger partial charge in [0.1, 0.15) is 5.82 Å². The number of hydrogen-bond donors (Lipinski definition) is 3. The van der Waals surface area contributed by atoms with Crippen LogP contribution in [0.15, 0.2) is 18.3 Å². The molecule has 0 aliphatic carbocycles. The lowest BCUT2D eigenvalue weighted by atomic mass is 10.3. The number of hydrogen-bond acceptors (Lipinski definition) is 4. The summed E-state index contributed by atoms with van der Waals surface area (Å²) in [6, 6.07) is 3.80. The Balaban J connectivity index is 2.54. The number of rotatable bonds is 5. The number of aromatic nitrogens is 1. The molecule has 0 saturated heterocycles. The number of nitrogens with zero attached hydrogens (tertiary/aromatic N) is 1. The Hall–Kier alpha value is -1.29. The van der Waals surface area contributed by atoms with Crippen LogP contribution in [0.2, 0.25) is 0 Å². The third-order valence-electron chi connectivity index (χ3n) is 1.72. The van der Waals surface area contributed by atoms with E-state index in [0.717, 1.165) is 18.1 Å². The highest BCUT2D eigenvalue weighted by Gasteiger charge is 1.97. The number of aliphatic hydroxyl groups excluding tert-OH is 1. The molecule has 0 aromatic carbocycles. The van der Waals surface area contributed by atoms with Crippen molar-refractivity contribution in [3.8, 4) is 0 Å². The second-order valence-corrected chi connectivity index (χ2v) is 3.19. The quantitative estimate of drug-likeness (QED) is 0.663. The molecule has 3 N–H and O–H groups in total. The first-order valence-electron chi connectivity index (χ1n) is 4.84. The van der Waals surface area contributed by atoms with Crippen LogP contribution < -0.4 is 10.6 Å². The Morgan fingerprint density at radius 3 is 2.93 bits per heavy atom. The summed E-state index contributed by atoms with van der Waals surface area (Å²) >= 11 is 0. The first-order chi connectivity index (χ1) is 6.72. The van der Waals surface area contributed by atoms with Gasteiger partial charge in [-0.15, -0.1) is 0 Å². The molecule has 0 bridgehead atoms. The third-order valence-corrected chi connectivity index (χ3v) is 1.72. The molecule has 14 heavy (non-hydrogen) atoms. The van der Waals surface area contributed by atoms with Crippen LogP contribution in [-0.2, 0) is 0 Å². The molecule has 1 unspecified atom stereocenters. The minimum atomic E-state index is -0.342. The maximum atomic E-state index is 9.09. The average molecular weight is 195 g/mol. The van der Waals surface area contributed by atoms with E-state index >= 15 is 0 Å². The molecule has 1 rings (SSSR count). The SMILES string of the molecule is CCNc1cc(NCC(C)O)ccn1. The molecule has 0 aliphatic heterocycles. The number of aliphatic hydroxyl groups is 1. The van der Waals surface area contributed by atoms with Gasteiger partial charge in [-0.1, -0.05) is 0 Å². The third kappa shape index (κ3) is 3.62. The molecule has 0 fully saturated rings. The van der Waals surface area contributed by atoms with Crippen molar-refractivity contribution in [2.75, 3.05) is 23.7 Å². The Morgan fingerprint density at radius 2 is 2.29 bits per heavy atom. The molecule has 0 radical (unpaired) electrons. The molecular weight excluding hydrogens is 178 g/mol. The van der Waals surface area contributed by atoms with E-state index in [1.165, 1.54) is 0 Å². The monoisotopic (exact) mass is 195 g/mol. The van der Waals surface area contributed by atoms with Gasteiger partial charge in [-0.3, -0.25) is 0 Å². The molecular formula is C10H17N3O. The standard InChI is InChI=1S/C10H17N3O/c1-3-11-10-6-9(4-5-12-10)13-7-8(2)14/h4-6,8,14H,3,7H2,1-2H3,(H2,11,12,13). The Bertz CT molecular complexity index is 276. The van der Waals surface area contributed by atoms with Crippen LogP contribution in [0.25, 0.3) is 0 Å². The summed E-state index contributed by atoms with van der Waals surface area (Å²) in [5, 5.41) is 15.3. The van der Waals surface area contributed by atoms with E-state index < -0.39 is 0 Å². The minimum absolute atomic E-state index is 0.342. The summed E-state index contributed by atoms with van der Waals surface area (Å²) in [7, 11) is 0. The Kier molecular flexibility index (Phi) is 4.19. The van der Waals surface area contributed by atoms with Crippen molar-refractivity contribution in [1.82, 2.24) is 4.98 Å². The first-order valence-corrected chi connectivity index (χ1v) is 4.84. The van der Waals surface area contributed by atoms with Gasteiger partial charge in [0.2, 0.25) is 0 Å². The molecule has 1 aromatic heterocycles. The van der Waals surface area contributed by atoms with Crippen molar-refractivity contribution in [2.24, 2.45) is 0 Å². The topological polar surface area (TPSA) is 57.2 Å². The molecule has 1 aromatic rings. The maximum absolute atomic E-state index is 9.09. The second-order valence-electron chi connectivity index (χ2n) is 3.19. The van der Waals surface area contributed by atoms with Crippen molar-refractivity contribution in [3.05, 3.63) is 18.3 Å². The van der Waals surface area contributed by atoms with Gasteiger partial charge in [0.25, 0.3) is 0 Å². The highest BCUT2D eigenvalue weighted by atomic mass is 16.3. The van der Waals surface area contributed by atoms with Crippen LogP contribution in [0.4, 0.5) is 11.5 Å². The number of anilines is 2. The van der Waals surface area contributed by atoms with Crippen LogP contribution in [0, 0.1) is 0 Å². The summed E-state index contributed by atoms with van der Waals surface area (Å²) < 4.78 is 0. The van der Waals surface area contributed by atoms with Gasteiger partial charge in [0, 0.05) is 31.0 Å². The largest absolute Gasteiger partial charge is 0.392 e. The fourth-order valence-corrected chi connectivity index (χ4v) is 1.08. The molecule has 0 saturated carbocycles. The molecule has 1 atom stereocenters. The minimum Gasteiger partial charge on any atom is -0.392 e. The first kappa shape index (κ1) is 10.8. The molecule has 4 nitrogen and oxygen atoms in total. The molecule has 1 heterocycles. The summed E-state index contributed by atoms with van der Waals surface area (Å²) in [6.45, 7) is 5.18. The lowest BCUT2D eigenvalue weighted by Crippen LogP contribution is -2.15. The van der Waals surface area contributed by atoms with E-state index in [1.807, 2.05) is 19.1 Å². The molecule has 4 heteroatoms. The van der Waals surface area contributed by atoms with Gasteiger partial charge in [-0.2, -0.15) is 0 Å². The van der Waals surface area contributed by atoms with Gasteiger partial charge >= 0.3 is 0 Å². The molecule has 78 valence electrons. The molecule has 0 amide bonds. The van der Waals surface area contributed by atoms with Crippen LogP contribution >= 0.6 is 0 Å². The van der Waals surface area contributed by atoms with Crippen LogP contribution in [0.3, 0.4) is 0 Å². The smallest absolute Gasteiger partial charge is 0.127 e. The summed E-state index contributed by atoms with van der Waals surface area (Å²) in [5.41, 5.74) is 0.969. The second kappa shape index (κ2) is 5.44. The lowest BCUT2D eigenvalue weighted by molar-refractivity contribution is 0.208. The van der Waals surface area contributed by atoms with Gasteiger partial charge in [0.05, 0.1) is 6.10 Å². The van der Waals surface area contributed by atoms with Crippen molar-refractivity contribution in [3.63, 3.8) is 0 Å². The van der Waals surface area contributed by atoms with E-state index in [1.54, 1.807) is 13.1 Å². The van der Waals surface area contributed by atoms with Crippen LogP contribution in [0.5, 0.6) is 0 Å². The number of nitrogens with one attached hydrogen (secondary N) is 2. The fraction of sp³-hybridized carbons (Fsp3) is 0.500. The van der Waals surface area contributed by atoms with Gasteiger partial charge < -0.3 is 15.7 Å². The summed E-state index contributed by atoms with van der Waals surface area (Å²) in [5.74, 6) is 0.850. The normalized spacial score (nSPS) is 12.2. The summed E-state index contributed by atoms with van der Waals surface area (Å²) in [6.07, 6.45) is 1.40. The van der Waals surface area contributed by atoms with Gasteiger partial charge in [-0.25, -0.2) is 4.98 Å². The van der Waals surface area contributed by atoms with Crippen molar-refractivity contribution in [1.29, 1.82) is 0 Å². The Labute approximate surface area is 84.4 Å². The average Bonchev–Trinajstić information content (AvgIpc) is 2.16. The fourth-order valence-electron chi connectivity index (χ4n) is 1.08. The number of pyridine rings is 1. The highest BCUT2D eigenvalue weighted by molar-refractivity contribution is 5.51. The van der Waals surface area contributed by atoms with Crippen molar-refractivity contribution < 1.29 is 5.11 Å². The zero-order valence-electron chi connectivity index (χ0n) is 8.62. The van der Waals surface area contributed by atoms with E-state index in [-0.39, 0.29) is 6.10 Å². The van der Waals surface area contributed by atoms with Crippen LogP contribution in [-0.4, -0.2) is 29.3 Å². The zero-order valence-corrected chi connectivity index (χ0v) is 8.62. The lowest BCUT2D eigenvalue weighted by Gasteiger charge is -2.09. The van der Waals surface area contributed by atoms with Crippen molar-refractivity contribution >= 4 is 11.5 Å². The van der Waals surface area contributed by atoms with Gasteiger partial charge in [0.15, 0.2) is 0 Å². The van der Waals surface area contributed by atoms with Gasteiger partial charge in [-0.05, 0) is 19.9 Å². The molecule has 0 spiro atoms. The van der Waals surface area contributed by atoms with E-state index in [2.05, 4.69) is 15.6 Å². The molecule has 0 aliphatic rings. The van der Waals surface area contributed by atoms with E-state index in [4.69, 9.17) is 5.11 Å².